The quantitative estimate of drug-likeness (QED) is 0.847. The van der Waals surface area contributed by atoms with Crippen LogP contribution in [0, 0.1) is 6.92 Å². The van der Waals surface area contributed by atoms with Crippen LogP contribution in [0.5, 0.6) is 0 Å². The summed E-state index contributed by atoms with van der Waals surface area (Å²) in [4.78, 5) is 24.7. The molecule has 1 aliphatic heterocycles. The Hall–Kier alpha value is -2.67. The molecule has 2 aromatic rings. The molecular weight excluding hydrogens is 330 g/mol. The largest absolute Gasteiger partial charge is 0.386 e. The minimum Gasteiger partial charge on any atom is -0.386 e. The number of β-amino-alcohol motifs (C(OH)–C–C–N with tert-alkyl or cyclic N) is 1. The highest BCUT2D eigenvalue weighted by Gasteiger charge is 2.38. The van der Waals surface area contributed by atoms with Gasteiger partial charge in [0.15, 0.2) is 0 Å². The van der Waals surface area contributed by atoms with Gasteiger partial charge in [0.2, 0.25) is 0 Å². The van der Waals surface area contributed by atoms with Crippen LogP contribution >= 0.6 is 0 Å². The van der Waals surface area contributed by atoms with Gasteiger partial charge < -0.3 is 20.2 Å². The Balaban J connectivity index is 1.68. The molecule has 138 valence electrons. The molecule has 1 aliphatic rings. The molecule has 0 spiro atoms. The zero-order valence-corrected chi connectivity index (χ0v) is 15.4. The van der Waals surface area contributed by atoms with Gasteiger partial charge >= 0.3 is 0 Å². The van der Waals surface area contributed by atoms with Gasteiger partial charge in [-0.25, -0.2) is 9.97 Å². The smallest absolute Gasteiger partial charge is 0.253 e. The highest BCUT2D eigenvalue weighted by atomic mass is 16.3. The fraction of sp³-hybridized carbons (Fsp3) is 0.421. The van der Waals surface area contributed by atoms with E-state index >= 15 is 0 Å². The van der Waals surface area contributed by atoms with E-state index in [1.807, 2.05) is 42.2 Å². The third kappa shape index (κ3) is 3.77. The number of aryl methyl sites for hydroxylation is 1. The average molecular weight is 355 g/mol. The first-order valence-corrected chi connectivity index (χ1v) is 8.70. The molecule has 1 aromatic heterocycles. The molecule has 1 amide bonds. The van der Waals surface area contributed by atoms with Crippen molar-refractivity contribution in [1.82, 2.24) is 14.9 Å². The molecule has 0 saturated carbocycles. The number of hydrogen-bond donors (Lipinski definition) is 2. The van der Waals surface area contributed by atoms with Crippen LogP contribution in [0.1, 0.15) is 22.3 Å². The molecule has 1 unspecified atom stereocenters. The van der Waals surface area contributed by atoms with Gasteiger partial charge in [-0.1, -0.05) is 18.2 Å². The Morgan fingerprint density at radius 3 is 2.88 bits per heavy atom. The van der Waals surface area contributed by atoms with E-state index in [9.17, 15) is 9.90 Å². The average Bonchev–Trinajstić information content (AvgIpc) is 3.03. The van der Waals surface area contributed by atoms with Crippen molar-refractivity contribution in [2.24, 2.45) is 0 Å². The Labute approximate surface area is 153 Å². The van der Waals surface area contributed by atoms with Gasteiger partial charge in [0, 0.05) is 38.8 Å². The normalized spacial score (nSPS) is 19.5. The highest BCUT2D eigenvalue weighted by molar-refractivity contribution is 5.95. The van der Waals surface area contributed by atoms with Gasteiger partial charge in [0.05, 0.1) is 6.54 Å². The summed E-state index contributed by atoms with van der Waals surface area (Å²) in [5.41, 5.74) is 0.644. The molecule has 2 N–H and O–H groups in total. The Bertz CT molecular complexity index is 797. The van der Waals surface area contributed by atoms with E-state index in [1.165, 1.54) is 6.33 Å². The molecule has 26 heavy (non-hydrogen) atoms. The van der Waals surface area contributed by atoms with Crippen LogP contribution in [0.15, 0.2) is 36.7 Å². The number of nitrogens with one attached hydrogen (secondary N) is 1. The number of nitrogens with zero attached hydrogens (tertiary/aromatic N) is 4. The number of amides is 1. The Kier molecular flexibility index (Phi) is 5.08. The van der Waals surface area contributed by atoms with Crippen molar-refractivity contribution in [2.45, 2.75) is 18.9 Å². The zero-order valence-electron chi connectivity index (χ0n) is 15.4. The Morgan fingerprint density at radius 1 is 1.38 bits per heavy atom. The maximum absolute atomic E-state index is 12.7. The molecular formula is C19H25N5O2. The van der Waals surface area contributed by atoms with Gasteiger partial charge in [-0.05, 0) is 25.0 Å². The summed E-state index contributed by atoms with van der Waals surface area (Å²) >= 11 is 0. The number of likely N-dealkylation sites (N-methyl/N-ethyl adjacent to an activating group) is 1. The van der Waals surface area contributed by atoms with E-state index in [2.05, 4.69) is 15.3 Å². The molecule has 7 nitrogen and oxygen atoms in total. The molecule has 2 heterocycles. The van der Waals surface area contributed by atoms with Crippen LogP contribution < -0.4 is 10.2 Å². The molecule has 0 aliphatic carbocycles. The van der Waals surface area contributed by atoms with Crippen molar-refractivity contribution in [2.75, 3.05) is 43.9 Å². The molecule has 1 fully saturated rings. The number of carbonyl (C=O) groups excluding carboxylic acids is 1. The van der Waals surface area contributed by atoms with E-state index < -0.39 is 5.60 Å². The van der Waals surface area contributed by atoms with E-state index in [0.29, 0.717) is 25.1 Å². The second kappa shape index (κ2) is 7.29. The van der Waals surface area contributed by atoms with Gasteiger partial charge in [-0.2, -0.15) is 0 Å². The molecule has 1 atom stereocenters. The fourth-order valence-corrected chi connectivity index (χ4v) is 3.37. The van der Waals surface area contributed by atoms with Crippen LogP contribution in [-0.4, -0.2) is 65.2 Å². The summed E-state index contributed by atoms with van der Waals surface area (Å²) in [6, 6.07) is 9.36. The highest BCUT2D eigenvalue weighted by Crippen LogP contribution is 2.27. The van der Waals surface area contributed by atoms with Crippen molar-refractivity contribution < 1.29 is 9.90 Å². The Morgan fingerprint density at radius 2 is 2.15 bits per heavy atom. The summed E-state index contributed by atoms with van der Waals surface area (Å²) in [5.74, 6) is 1.43. The number of anilines is 2. The van der Waals surface area contributed by atoms with Gasteiger partial charge in [0.25, 0.3) is 5.91 Å². The minimum atomic E-state index is -0.960. The first-order valence-electron chi connectivity index (χ1n) is 8.70. The van der Waals surface area contributed by atoms with Gasteiger partial charge in [0.1, 0.15) is 23.6 Å². The van der Waals surface area contributed by atoms with Crippen LogP contribution in [0.4, 0.5) is 11.6 Å². The summed E-state index contributed by atoms with van der Waals surface area (Å²) in [5, 5.41) is 14.0. The maximum atomic E-state index is 12.7. The van der Waals surface area contributed by atoms with Crippen LogP contribution in [0.2, 0.25) is 0 Å². The second-order valence-corrected chi connectivity index (χ2v) is 6.88. The number of carbonyl (C=O) groups is 1. The monoisotopic (exact) mass is 355 g/mol. The predicted octanol–water partition coefficient (Wildman–Crippen LogP) is 1.54. The second-order valence-electron chi connectivity index (χ2n) is 6.88. The lowest BCUT2D eigenvalue weighted by Crippen LogP contribution is -2.46. The summed E-state index contributed by atoms with van der Waals surface area (Å²) in [6.07, 6.45) is 2.09. The van der Waals surface area contributed by atoms with Crippen LogP contribution in [0.25, 0.3) is 0 Å². The van der Waals surface area contributed by atoms with E-state index in [4.69, 9.17) is 0 Å². The zero-order chi connectivity index (χ0) is 18.7. The number of benzene rings is 1. The van der Waals surface area contributed by atoms with Crippen molar-refractivity contribution in [3.8, 4) is 0 Å². The molecule has 0 bridgehead atoms. The predicted molar refractivity (Wildman–Crippen MR) is 101 cm³/mol. The van der Waals surface area contributed by atoms with Crippen LogP contribution in [-0.2, 0) is 0 Å². The third-order valence-electron chi connectivity index (χ3n) is 4.82. The fourth-order valence-electron chi connectivity index (χ4n) is 3.37. The maximum Gasteiger partial charge on any atom is 0.253 e. The van der Waals surface area contributed by atoms with Crippen molar-refractivity contribution in [3.63, 3.8) is 0 Å². The lowest BCUT2D eigenvalue weighted by molar-refractivity contribution is 0.0264. The van der Waals surface area contributed by atoms with Crippen molar-refractivity contribution in [3.05, 3.63) is 47.8 Å². The standard InChI is InChI=1S/C19H25N5O2/c1-14-6-4-5-7-15(14)18(25)23(3)11-19(26)8-9-24(12-19)17-10-16(20-2)21-13-22-17/h4-7,10,13,26H,8-9,11-12H2,1-3H3,(H,20,21,22). The minimum absolute atomic E-state index is 0.0746. The summed E-state index contributed by atoms with van der Waals surface area (Å²) in [7, 11) is 3.54. The first kappa shape index (κ1) is 18.1. The number of rotatable bonds is 5. The molecule has 3 rings (SSSR count). The SMILES string of the molecule is CNc1cc(N2CCC(O)(CN(C)C(=O)c3ccccc3C)C2)ncn1. The number of hydrogen-bond acceptors (Lipinski definition) is 6. The molecule has 7 heteroatoms. The summed E-state index contributed by atoms with van der Waals surface area (Å²) in [6.45, 7) is 3.31. The number of aromatic nitrogens is 2. The molecule has 1 aromatic carbocycles. The van der Waals surface area contributed by atoms with Gasteiger partial charge in [-0.15, -0.1) is 0 Å². The van der Waals surface area contributed by atoms with Crippen LogP contribution in [0.3, 0.4) is 0 Å². The molecule has 1 saturated heterocycles. The van der Waals surface area contributed by atoms with Gasteiger partial charge in [-0.3, -0.25) is 4.79 Å². The summed E-state index contributed by atoms with van der Waals surface area (Å²) < 4.78 is 0. The molecule has 0 radical (unpaired) electrons. The van der Waals surface area contributed by atoms with E-state index in [-0.39, 0.29) is 12.5 Å². The lowest BCUT2D eigenvalue weighted by Gasteiger charge is -2.29. The topological polar surface area (TPSA) is 81.6 Å². The first-order chi connectivity index (χ1) is 12.4. The van der Waals surface area contributed by atoms with E-state index in [0.717, 1.165) is 17.2 Å². The van der Waals surface area contributed by atoms with Crippen molar-refractivity contribution >= 4 is 17.5 Å². The van der Waals surface area contributed by atoms with E-state index in [1.54, 1.807) is 19.0 Å². The number of aliphatic hydroxyl groups is 1. The third-order valence-corrected chi connectivity index (χ3v) is 4.82. The lowest BCUT2D eigenvalue weighted by atomic mass is 10.0. The van der Waals surface area contributed by atoms with Crippen molar-refractivity contribution in [1.29, 1.82) is 0 Å².